The van der Waals surface area contributed by atoms with Crippen LogP contribution in [-0.2, 0) is 4.79 Å². The summed E-state index contributed by atoms with van der Waals surface area (Å²) in [6.07, 6.45) is 7.97. The average Bonchev–Trinajstić information content (AvgIpc) is 2.36. The van der Waals surface area contributed by atoms with E-state index in [1.807, 2.05) is 0 Å². The molecule has 0 aromatic heterocycles. The van der Waals surface area contributed by atoms with E-state index < -0.39 is 0 Å². The molecule has 1 fully saturated rings. The predicted octanol–water partition coefficient (Wildman–Crippen LogP) is 3.05. The van der Waals surface area contributed by atoms with E-state index >= 15 is 0 Å². The van der Waals surface area contributed by atoms with E-state index in [-0.39, 0.29) is 5.91 Å². The van der Waals surface area contributed by atoms with Crippen LogP contribution in [0.25, 0.3) is 0 Å². The van der Waals surface area contributed by atoms with Crippen molar-refractivity contribution >= 4 is 5.91 Å². The summed E-state index contributed by atoms with van der Waals surface area (Å²) < 4.78 is 0. The Morgan fingerprint density at radius 2 is 1.67 bits per heavy atom. The van der Waals surface area contributed by atoms with Crippen LogP contribution in [0, 0.1) is 5.92 Å². The number of amides is 1. The summed E-state index contributed by atoms with van der Waals surface area (Å²) in [4.78, 5) is 13.0. The van der Waals surface area contributed by atoms with Gasteiger partial charge in [-0.25, -0.2) is 0 Å². The first kappa shape index (κ1) is 17.4. The van der Waals surface area contributed by atoms with Crippen LogP contribution >= 0.6 is 0 Å². The molecule has 0 radical (unpaired) electrons. The van der Waals surface area contributed by atoms with E-state index in [1.165, 1.54) is 51.6 Å². The number of hydrogen-bond acceptors (Lipinski definition) is 2. The second kappa shape index (κ2) is 11.5. The zero-order chi connectivity index (χ0) is 13.8. The lowest BCUT2D eigenvalue weighted by atomic mass is 9.97. The molecule has 3 nitrogen and oxygen atoms in total. The van der Waals surface area contributed by atoms with Crippen LogP contribution < -0.4 is 5.32 Å². The standard InChI is InChI=1S/C9H18N2O.C6H14/c1-8(12)10-7-9-3-5-11(2)6-4-9;1-3-5-6-4-2/h9H,3-7H2,1-2H3,(H,10,12);3-6H2,1-2H3. The van der Waals surface area contributed by atoms with Crippen molar-refractivity contribution in [3.8, 4) is 0 Å². The normalized spacial score (nSPS) is 16.9. The van der Waals surface area contributed by atoms with Gasteiger partial charge in [0.1, 0.15) is 0 Å². The van der Waals surface area contributed by atoms with Gasteiger partial charge in [-0.1, -0.05) is 39.5 Å². The van der Waals surface area contributed by atoms with Gasteiger partial charge in [0.25, 0.3) is 0 Å². The fraction of sp³-hybridized carbons (Fsp3) is 0.933. The minimum atomic E-state index is 0.0916. The third-order valence-electron chi connectivity index (χ3n) is 3.43. The van der Waals surface area contributed by atoms with Gasteiger partial charge >= 0.3 is 0 Å². The number of rotatable bonds is 5. The molecule has 1 amide bonds. The van der Waals surface area contributed by atoms with Crippen molar-refractivity contribution in [2.75, 3.05) is 26.7 Å². The summed E-state index contributed by atoms with van der Waals surface area (Å²) >= 11 is 0. The highest BCUT2D eigenvalue weighted by molar-refractivity contribution is 5.72. The van der Waals surface area contributed by atoms with Crippen LogP contribution in [0.4, 0.5) is 0 Å². The number of carbonyl (C=O) groups is 1. The number of likely N-dealkylation sites (tertiary alicyclic amines) is 1. The molecule has 108 valence electrons. The van der Waals surface area contributed by atoms with E-state index in [4.69, 9.17) is 0 Å². The lowest BCUT2D eigenvalue weighted by molar-refractivity contribution is -0.119. The number of piperidine rings is 1. The smallest absolute Gasteiger partial charge is 0.216 e. The van der Waals surface area contributed by atoms with E-state index in [0.29, 0.717) is 5.92 Å². The minimum absolute atomic E-state index is 0.0916. The summed E-state index contributed by atoms with van der Waals surface area (Å²) in [6.45, 7) is 9.25. The van der Waals surface area contributed by atoms with Crippen LogP contribution in [0.2, 0.25) is 0 Å². The Morgan fingerprint density at radius 1 is 1.17 bits per heavy atom. The lowest BCUT2D eigenvalue weighted by Crippen LogP contribution is -2.36. The Hall–Kier alpha value is -0.570. The van der Waals surface area contributed by atoms with Gasteiger partial charge in [0.15, 0.2) is 0 Å². The van der Waals surface area contributed by atoms with Gasteiger partial charge in [-0.15, -0.1) is 0 Å². The van der Waals surface area contributed by atoms with Gasteiger partial charge in [-0.05, 0) is 38.9 Å². The number of nitrogens with zero attached hydrogens (tertiary/aromatic N) is 1. The highest BCUT2D eigenvalue weighted by Crippen LogP contribution is 2.14. The van der Waals surface area contributed by atoms with Crippen molar-refractivity contribution in [1.82, 2.24) is 10.2 Å². The van der Waals surface area contributed by atoms with Crippen LogP contribution in [-0.4, -0.2) is 37.5 Å². The summed E-state index contributed by atoms with van der Waals surface area (Å²) in [5, 5.41) is 2.87. The molecule has 0 spiro atoms. The molecule has 0 saturated carbocycles. The highest BCUT2D eigenvalue weighted by atomic mass is 16.1. The Balaban J connectivity index is 0.000000411. The molecule has 0 aromatic rings. The number of carbonyl (C=O) groups excluding carboxylic acids is 1. The quantitative estimate of drug-likeness (QED) is 0.767. The first-order valence-corrected chi connectivity index (χ1v) is 7.53. The lowest BCUT2D eigenvalue weighted by Gasteiger charge is -2.28. The van der Waals surface area contributed by atoms with Gasteiger partial charge in [0, 0.05) is 13.5 Å². The third kappa shape index (κ3) is 10.6. The molecular formula is C15H32N2O. The second-order valence-corrected chi connectivity index (χ2v) is 5.39. The molecule has 0 atom stereocenters. The summed E-state index contributed by atoms with van der Waals surface area (Å²) in [5.74, 6) is 0.791. The molecule has 1 heterocycles. The van der Waals surface area contributed by atoms with Gasteiger partial charge in [0.2, 0.25) is 5.91 Å². The van der Waals surface area contributed by atoms with Crippen LogP contribution in [0.1, 0.15) is 59.3 Å². The van der Waals surface area contributed by atoms with Gasteiger partial charge in [-0.2, -0.15) is 0 Å². The van der Waals surface area contributed by atoms with Gasteiger partial charge in [-0.3, -0.25) is 4.79 Å². The molecule has 1 rings (SSSR count). The van der Waals surface area contributed by atoms with Crippen molar-refractivity contribution in [1.29, 1.82) is 0 Å². The number of unbranched alkanes of at least 4 members (excludes halogenated alkanes) is 3. The second-order valence-electron chi connectivity index (χ2n) is 5.39. The summed E-state index contributed by atoms with van der Waals surface area (Å²) in [6, 6.07) is 0. The molecule has 3 heteroatoms. The molecule has 0 aliphatic carbocycles. The maximum absolute atomic E-state index is 10.6. The molecule has 0 bridgehead atoms. The van der Waals surface area contributed by atoms with Crippen molar-refractivity contribution in [3.63, 3.8) is 0 Å². The molecular weight excluding hydrogens is 224 g/mol. The van der Waals surface area contributed by atoms with Crippen LogP contribution in [0.5, 0.6) is 0 Å². The fourth-order valence-corrected chi connectivity index (χ4v) is 2.05. The Kier molecular flexibility index (Phi) is 11.2. The molecule has 1 aliphatic heterocycles. The van der Waals surface area contributed by atoms with Crippen molar-refractivity contribution in [2.24, 2.45) is 5.92 Å². The zero-order valence-corrected chi connectivity index (χ0v) is 12.8. The fourth-order valence-electron chi connectivity index (χ4n) is 2.05. The molecule has 1 aliphatic rings. The predicted molar refractivity (Wildman–Crippen MR) is 78.7 cm³/mol. The topological polar surface area (TPSA) is 32.3 Å². The summed E-state index contributed by atoms with van der Waals surface area (Å²) in [5.41, 5.74) is 0. The van der Waals surface area contributed by atoms with Gasteiger partial charge in [0.05, 0.1) is 0 Å². The third-order valence-corrected chi connectivity index (χ3v) is 3.43. The van der Waals surface area contributed by atoms with Crippen LogP contribution in [0.15, 0.2) is 0 Å². The SMILES string of the molecule is CC(=O)NCC1CCN(C)CC1.CCCCCC. The Bertz CT molecular complexity index is 195. The number of hydrogen-bond donors (Lipinski definition) is 1. The molecule has 18 heavy (non-hydrogen) atoms. The zero-order valence-electron chi connectivity index (χ0n) is 12.8. The molecule has 0 aromatic carbocycles. The maximum atomic E-state index is 10.6. The molecule has 1 N–H and O–H groups in total. The Labute approximate surface area is 113 Å². The van der Waals surface area contributed by atoms with E-state index in [9.17, 15) is 4.79 Å². The molecule has 0 unspecified atom stereocenters. The minimum Gasteiger partial charge on any atom is -0.356 e. The number of nitrogens with one attached hydrogen (secondary N) is 1. The first-order chi connectivity index (χ1) is 8.60. The summed E-state index contributed by atoms with van der Waals surface area (Å²) in [7, 11) is 2.15. The molecule has 1 saturated heterocycles. The highest BCUT2D eigenvalue weighted by Gasteiger charge is 2.16. The monoisotopic (exact) mass is 256 g/mol. The van der Waals surface area contributed by atoms with Crippen molar-refractivity contribution in [2.45, 2.75) is 59.3 Å². The van der Waals surface area contributed by atoms with Crippen LogP contribution in [0.3, 0.4) is 0 Å². The largest absolute Gasteiger partial charge is 0.356 e. The van der Waals surface area contributed by atoms with Crippen molar-refractivity contribution < 1.29 is 4.79 Å². The first-order valence-electron chi connectivity index (χ1n) is 7.53. The Morgan fingerprint density at radius 3 is 2.06 bits per heavy atom. The van der Waals surface area contributed by atoms with E-state index in [2.05, 4.69) is 31.1 Å². The maximum Gasteiger partial charge on any atom is 0.216 e. The van der Waals surface area contributed by atoms with Gasteiger partial charge < -0.3 is 10.2 Å². The van der Waals surface area contributed by atoms with E-state index in [1.54, 1.807) is 6.92 Å². The average molecular weight is 256 g/mol. The van der Waals surface area contributed by atoms with E-state index in [0.717, 1.165) is 6.54 Å². The van der Waals surface area contributed by atoms with Crippen molar-refractivity contribution in [3.05, 3.63) is 0 Å².